The number of carbonyl (C=O) groups is 1. The Morgan fingerprint density at radius 1 is 1.19 bits per heavy atom. The molecule has 2 nitrogen and oxygen atoms in total. The maximum atomic E-state index is 11.6. The van der Waals surface area contributed by atoms with Crippen LogP contribution in [0.3, 0.4) is 0 Å². The van der Waals surface area contributed by atoms with Crippen molar-refractivity contribution >= 4 is 34.1 Å². The molecule has 0 aromatic heterocycles. The Balaban J connectivity index is 2.31. The molecule has 0 aliphatic carbocycles. The van der Waals surface area contributed by atoms with E-state index < -0.39 is 0 Å². The van der Waals surface area contributed by atoms with Crippen LogP contribution in [0.4, 0.5) is 5.69 Å². The number of anilines is 1. The normalized spacial score (nSPS) is 15.3. The number of nitrogens with zero attached hydrogens (tertiary/aromatic N) is 1. The van der Waals surface area contributed by atoms with Crippen molar-refractivity contribution in [2.24, 2.45) is 0 Å². The lowest BCUT2D eigenvalue weighted by atomic mass is 10.1. The van der Waals surface area contributed by atoms with Gasteiger partial charge in [-0.3, -0.25) is 4.79 Å². The van der Waals surface area contributed by atoms with E-state index in [2.05, 4.69) is 18.2 Å². The summed E-state index contributed by atoms with van der Waals surface area (Å²) in [4.78, 5) is 14.6. The van der Waals surface area contributed by atoms with E-state index in [1.165, 1.54) is 15.7 Å². The van der Waals surface area contributed by atoms with Crippen molar-refractivity contribution in [1.29, 1.82) is 0 Å². The topological polar surface area (TPSA) is 20.3 Å². The van der Waals surface area contributed by atoms with Gasteiger partial charge in [-0.2, -0.15) is 0 Å². The van der Waals surface area contributed by atoms with Crippen LogP contribution >= 0.6 is 11.8 Å². The molecule has 0 unspecified atom stereocenters. The van der Waals surface area contributed by atoms with Gasteiger partial charge in [0.25, 0.3) is 0 Å². The molecule has 0 radical (unpaired) electrons. The molecule has 1 heterocycles. The number of thioether (sulfide) groups is 1. The maximum Gasteiger partial charge on any atom is 0.237 e. The molecule has 0 bridgehead atoms. The van der Waals surface area contributed by atoms with E-state index in [9.17, 15) is 4.79 Å². The second kappa shape index (κ2) is 3.52. The quantitative estimate of drug-likeness (QED) is 0.692. The zero-order valence-corrected chi connectivity index (χ0v) is 9.75. The molecule has 0 N–H and O–H groups in total. The third-order valence-corrected chi connectivity index (χ3v) is 4.04. The van der Waals surface area contributed by atoms with Crippen LogP contribution in [0.25, 0.3) is 10.8 Å². The number of benzene rings is 2. The first-order chi connectivity index (χ1) is 7.77. The minimum Gasteiger partial charge on any atom is -0.314 e. The summed E-state index contributed by atoms with van der Waals surface area (Å²) in [6.07, 6.45) is 0. The fourth-order valence-corrected chi connectivity index (χ4v) is 3.17. The fourth-order valence-electron chi connectivity index (χ4n) is 2.01. The van der Waals surface area contributed by atoms with Crippen LogP contribution < -0.4 is 4.90 Å². The lowest BCUT2D eigenvalue weighted by Gasteiger charge is -2.26. The van der Waals surface area contributed by atoms with E-state index in [1.54, 1.807) is 16.7 Å². The van der Waals surface area contributed by atoms with Gasteiger partial charge in [-0.25, -0.2) is 0 Å². The van der Waals surface area contributed by atoms with Crippen LogP contribution in [-0.2, 0) is 4.79 Å². The summed E-state index contributed by atoms with van der Waals surface area (Å²) in [5.74, 6) is 0.713. The second-order valence-electron chi connectivity index (χ2n) is 3.88. The summed E-state index contributed by atoms with van der Waals surface area (Å²) < 4.78 is 0. The van der Waals surface area contributed by atoms with Gasteiger partial charge in [0.15, 0.2) is 0 Å². The predicted molar refractivity (Wildman–Crippen MR) is 68.1 cm³/mol. The van der Waals surface area contributed by atoms with E-state index in [0.29, 0.717) is 5.75 Å². The lowest BCUT2D eigenvalue weighted by Crippen LogP contribution is -2.31. The molecule has 16 heavy (non-hydrogen) atoms. The Morgan fingerprint density at radius 2 is 2.00 bits per heavy atom. The lowest BCUT2D eigenvalue weighted by molar-refractivity contribution is -0.116. The van der Waals surface area contributed by atoms with Crippen molar-refractivity contribution in [2.75, 3.05) is 17.7 Å². The first kappa shape index (κ1) is 9.73. The van der Waals surface area contributed by atoms with Crippen molar-refractivity contribution in [3.63, 3.8) is 0 Å². The van der Waals surface area contributed by atoms with Crippen LogP contribution in [0.5, 0.6) is 0 Å². The van der Waals surface area contributed by atoms with Crippen LogP contribution in [0.15, 0.2) is 41.3 Å². The van der Waals surface area contributed by atoms with Crippen molar-refractivity contribution in [3.05, 3.63) is 36.4 Å². The predicted octanol–water partition coefficient (Wildman–Crippen LogP) is 2.91. The van der Waals surface area contributed by atoms with Gasteiger partial charge in [0.2, 0.25) is 5.91 Å². The molecule has 1 aliphatic heterocycles. The molecule has 1 amide bonds. The van der Waals surface area contributed by atoms with Crippen LogP contribution in [-0.4, -0.2) is 18.7 Å². The number of hydrogen-bond donors (Lipinski definition) is 0. The molecular formula is C13H11NOS. The number of rotatable bonds is 0. The van der Waals surface area contributed by atoms with Crippen molar-refractivity contribution < 1.29 is 4.79 Å². The molecule has 1 aliphatic rings. The zero-order valence-electron chi connectivity index (χ0n) is 8.93. The van der Waals surface area contributed by atoms with Gasteiger partial charge in [0, 0.05) is 11.9 Å². The Hall–Kier alpha value is -1.48. The van der Waals surface area contributed by atoms with E-state index in [4.69, 9.17) is 0 Å². The SMILES string of the molecule is CN1C(=O)CSc2c1ccc1ccccc21. The highest BCUT2D eigenvalue weighted by molar-refractivity contribution is 8.00. The molecule has 2 aromatic carbocycles. The molecule has 3 heteroatoms. The van der Waals surface area contributed by atoms with E-state index in [-0.39, 0.29) is 5.91 Å². The monoisotopic (exact) mass is 229 g/mol. The average Bonchev–Trinajstić information content (AvgIpc) is 2.33. The summed E-state index contributed by atoms with van der Waals surface area (Å²) in [6, 6.07) is 12.4. The average molecular weight is 229 g/mol. The first-order valence-corrected chi connectivity index (χ1v) is 6.17. The minimum atomic E-state index is 0.174. The molecule has 0 saturated heterocycles. The van der Waals surface area contributed by atoms with Gasteiger partial charge in [0.1, 0.15) is 0 Å². The van der Waals surface area contributed by atoms with E-state index in [1.807, 2.05) is 25.2 Å². The third-order valence-electron chi connectivity index (χ3n) is 2.93. The second-order valence-corrected chi connectivity index (χ2v) is 4.86. The molecule has 0 atom stereocenters. The van der Waals surface area contributed by atoms with Gasteiger partial charge < -0.3 is 4.90 Å². The van der Waals surface area contributed by atoms with E-state index >= 15 is 0 Å². The summed E-state index contributed by atoms with van der Waals surface area (Å²) in [5, 5.41) is 2.47. The highest BCUT2D eigenvalue weighted by Crippen LogP contribution is 2.39. The fraction of sp³-hybridized carbons (Fsp3) is 0.154. The Morgan fingerprint density at radius 3 is 2.88 bits per heavy atom. The van der Waals surface area contributed by atoms with Gasteiger partial charge in [0.05, 0.1) is 11.4 Å². The van der Waals surface area contributed by atoms with Crippen LogP contribution in [0, 0.1) is 0 Å². The summed E-state index contributed by atoms with van der Waals surface area (Å²) >= 11 is 1.64. The zero-order chi connectivity index (χ0) is 11.1. The van der Waals surface area contributed by atoms with Crippen molar-refractivity contribution in [2.45, 2.75) is 4.90 Å². The highest BCUT2D eigenvalue weighted by Gasteiger charge is 2.22. The third kappa shape index (κ3) is 1.32. The minimum absolute atomic E-state index is 0.174. The number of hydrogen-bond acceptors (Lipinski definition) is 2. The summed E-state index contributed by atoms with van der Waals surface area (Å²) in [7, 11) is 1.84. The Kier molecular flexibility index (Phi) is 2.14. The maximum absolute atomic E-state index is 11.6. The highest BCUT2D eigenvalue weighted by atomic mass is 32.2. The van der Waals surface area contributed by atoms with Crippen molar-refractivity contribution in [3.8, 4) is 0 Å². The van der Waals surface area contributed by atoms with Crippen LogP contribution in [0.1, 0.15) is 0 Å². The standard InChI is InChI=1S/C13H11NOS/c1-14-11-7-6-9-4-2-3-5-10(9)13(11)16-8-12(14)15/h2-7H,8H2,1H3. The molecule has 3 rings (SSSR count). The summed E-state index contributed by atoms with van der Waals surface area (Å²) in [6.45, 7) is 0. The summed E-state index contributed by atoms with van der Waals surface area (Å²) in [5.41, 5.74) is 1.03. The Labute approximate surface area is 98.2 Å². The molecule has 0 spiro atoms. The molecule has 0 saturated carbocycles. The van der Waals surface area contributed by atoms with Gasteiger partial charge in [-0.1, -0.05) is 30.3 Å². The number of carbonyl (C=O) groups excluding carboxylic acids is 1. The van der Waals surface area contributed by atoms with Crippen molar-refractivity contribution in [1.82, 2.24) is 0 Å². The smallest absolute Gasteiger partial charge is 0.237 e. The van der Waals surface area contributed by atoms with E-state index in [0.717, 1.165) is 5.69 Å². The van der Waals surface area contributed by atoms with Crippen LogP contribution in [0.2, 0.25) is 0 Å². The van der Waals surface area contributed by atoms with Gasteiger partial charge >= 0.3 is 0 Å². The largest absolute Gasteiger partial charge is 0.314 e. The Bertz CT molecular complexity index is 579. The molecule has 2 aromatic rings. The molecule has 0 fully saturated rings. The molecule has 80 valence electrons. The van der Waals surface area contributed by atoms with Gasteiger partial charge in [-0.05, 0) is 16.8 Å². The molecular weight excluding hydrogens is 218 g/mol. The number of fused-ring (bicyclic) bond motifs is 3. The number of amides is 1. The first-order valence-electron chi connectivity index (χ1n) is 5.18. The van der Waals surface area contributed by atoms with Gasteiger partial charge in [-0.15, -0.1) is 11.8 Å².